The highest BCUT2D eigenvalue weighted by Gasteiger charge is 2.14. The van der Waals surface area contributed by atoms with Gasteiger partial charge in [-0.2, -0.15) is 13.9 Å². The molecule has 158 valence electrons. The molecule has 0 aliphatic carbocycles. The average Bonchev–Trinajstić information content (AvgIpc) is 3.24. The molecule has 0 saturated carbocycles. The number of alkyl halides is 2. The maximum Gasteiger partial charge on any atom is 0.333 e. The summed E-state index contributed by atoms with van der Waals surface area (Å²) in [5.41, 5.74) is 2.79. The quantitative estimate of drug-likeness (QED) is 0.443. The second kappa shape index (κ2) is 8.51. The van der Waals surface area contributed by atoms with Gasteiger partial charge in [0.1, 0.15) is 5.75 Å². The summed E-state index contributed by atoms with van der Waals surface area (Å²) in [5.74, 6) is 0.397. The van der Waals surface area contributed by atoms with Gasteiger partial charge in [-0.25, -0.2) is 4.68 Å². The number of halogens is 2. The van der Waals surface area contributed by atoms with Gasteiger partial charge in [0.15, 0.2) is 0 Å². The van der Waals surface area contributed by atoms with Crippen molar-refractivity contribution in [1.82, 2.24) is 14.8 Å². The number of ether oxygens (including phenoxy) is 1. The normalized spacial score (nSPS) is 11.3. The second-order valence-electron chi connectivity index (χ2n) is 7.19. The Balaban J connectivity index is 1.63. The first-order chi connectivity index (χ1) is 14.9. The van der Waals surface area contributed by atoms with Crippen molar-refractivity contribution in [3.8, 4) is 16.9 Å². The molecule has 0 bridgehead atoms. The molecule has 8 heteroatoms. The molecule has 0 unspecified atom stereocenters. The van der Waals surface area contributed by atoms with E-state index in [2.05, 4.69) is 15.4 Å². The molecule has 4 rings (SSSR count). The molecule has 1 N–H and O–H groups in total. The van der Waals surface area contributed by atoms with Crippen LogP contribution in [0.4, 0.5) is 14.5 Å². The van der Waals surface area contributed by atoms with Crippen LogP contribution in [0.2, 0.25) is 0 Å². The standard InChI is InChI=1S/C23H20F2N4O2/c1-14(2)31-17-8-6-15(7-9-17)22(30)28-20-5-3-4-19-18(10-11-26-21(19)20)16-12-27-29(13-16)23(24)25/h3-14,23H,1-2H3,(H,28,30). The van der Waals surface area contributed by atoms with Crippen molar-refractivity contribution in [3.63, 3.8) is 0 Å². The number of amides is 1. The Morgan fingerprint density at radius 3 is 2.55 bits per heavy atom. The van der Waals surface area contributed by atoms with Crippen LogP contribution in [-0.4, -0.2) is 26.8 Å². The summed E-state index contributed by atoms with van der Waals surface area (Å²) in [6.45, 7) is 1.15. The predicted molar refractivity (Wildman–Crippen MR) is 114 cm³/mol. The van der Waals surface area contributed by atoms with Crippen LogP contribution in [0.25, 0.3) is 22.0 Å². The molecular weight excluding hydrogens is 402 g/mol. The Labute approximate surface area is 177 Å². The molecular formula is C23H20F2N4O2. The number of hydrogen-bond acceptors (Lipinski definition) is 4. The highest BCUT2D eigenvalue weighted by Crippen LogP contribution is 2.31. The van der Waals surface area contributed by atoms with Crippen LogP contribution in [0.3, 0.4) is 0 Å². The Hall–Kier alpha value is -3.81. The lowest BCUT2D eigenvalue weighted by Crippen LogP contribution is -2.12. The summed E-state index contributed by atoms with van der Waals surface area (Å²) in [6, 6.07) is 13.9. The van der Waals surface area contributed by atoms with E-state index in [1.54, 1.807) is 48.7 Å². The summed E-state index contributed by atoms with van der Waals surface area (Å²) in [7, 11) is 0. The third-order valence-corrected chi connectivity index (χ3v) is 4.62. The maximum atomic E-state index is 12.9. The third kappa shape index (κ3) is 4.37. The highest BCUT2D eigenvalue weighted by molar-refractivity contribution is 6.10. The molecule has 0 fully saturated rings. The fourth-order valence-electron chi connectivity index (χ4n) is 3.26. The second-order valence-corrected chi connectivity index (χ2v) is 7.19. The van der Waals surface area contributed by atoms with Gasteiger partial charge in [0, 0.05) is 28.9 Å². The first kappa shape index (κ1) is 20.5. The van der Waals surface area contributed by atoms with Gasteiger partial charge >= 0.3 is 6.55 Å². The van der Waals surface area contributed by atoms with E-state index in [0.717, 1.165) is 5.39 Å². The zero-order chi connectivity index (χ0) is 22.0. The Morgan fingerprint density at radius 2 is 1.87 bits per heavy atom. The summed E-state index contributed by atoms with van der Waals surface area (Å²) in [5, 5.41) is 7.30. The van der Waals surface area contributed by atoms with E-state index in [4.69, 9.17) is 4.74 Å². The minimum absolute atomic E-state index is 0.0448. The number of aromatic nitrogens is 3. The number of carbonyl (C=O) groups is 1. The van der Waals surface area contributed by atoms with E-state index in [1.807, 2.05) is 19.9 Å². The van der Waals surface area contributed by atoms with Crippen LogP contribution >= 0.6 is 0 Å². The minimum Gasteiger partial charge on any atom is -0.491 e. The SMILES string of the molecule is CC(C)Oc1ccc(C(=O)Nc2cccc3c(-c4cnn(C(F)F)c4)ccnc23)cc1. The fourth-order valence-corrected chi connectivity index (χ4v) is 3.26. The number of nitrogens with zero attached hydrogens (tertiary/aromatic N) is 3. The number of hydrogen-bond donors (Lipinski definition) is 1. The molecule has 0 spiro atoms. The number of benzene rings is 2. The molecule has 2 aromatic carbocycles. The van der Waals surface area contributed by atoms with E-state index >= 15 is 0 Å². The molecule has 0 saturated heterocycles. The summed E-state index contributed by atoms with van der Waals surface area (Å²) >= 11 is 0. The minimum atomic E-state index is -2.71. The Morgan fingerprint density at radius 1 is 1.10 bits per heavy atom. The van der Waals surface area contributed by atoms with Crippen LogP contribution in [-0.2, 0) is 0 Å². The van der Waals surface area contributed by atoms with E-state index in [-0.39, 0.29) is 12.0 Å². The van der Waals surface area contributed by atoms with Gasteiger partial charge in [-0.1, -0.05) is 12.1 Å². The van der Waals surface area contributed by atoms with Gasteiger partial charge in [-0.05, 0) is 55.8 Å². The molecule has 2 aromatic heterocycles. The van der Waals surface area contributed by atoms with Gasteiger partial charge < -0.3 is 10.1 Å². The lowest BCUT2D eigenvalue weighted by Gasteiger charge is -2.12. The number of rotatable bonds is 6. The molecule has 0 radical (unpaired) electrons. The van der Waals surface area contributed by atoms with Gasteiger partial charge in [0.05, 0.1) is 23.5 Å². The lowest BCUT2D eigenvalue weighted by atomic mass is 10.0. The molecule has 4 aromatic rings. The topological polar surface area (TPSA) is 69.0 Å². The number of anilines is 1. The zero-order valence-corrected chi connectivity index (χ0v) is 16.9. The fraction of sp³-hybridized carbons (Fsp3) is 0.174. The van der Waals surface area contributed by atoms with Crippen molar-refractivity contribution < 1.29 is 18.3 Å². The van der Waals surface area contributed by atoms with Gasteiger partial charge in [-0.3, -0.25) is 9.78 Å². The molecule has 0 aliphatic rings. The third-order valence-electron chi connectivity index (χ3n) is 4.62. The molecule has 1 amide bonds. The van der Waals surface area contributed by atoms with Crippen molar-refractivity contribution in [3.05, 3.63) is 72.7 Å². The highest BCUT2D eigenvalue weighted by atomic mass is 19.3. The van der Waals surface area contributed by atoms with Gasteiger partial charge in [0.25, 0.3) is 5.91 Å². The molecule has 6 nitrogen and oxygen atoms in total. The van der Waals surface area contributed by atoms with E-state index < -0.39 is 6.55 Å². The molecule has 0 atom stereocenters. The van der Waals surface area contributed by atoms with Crippen LogP contribution in [0.1, 0.15) is 30.8 Å². The number of pyridine rings is 1. The zero-order valence-electron chi connectivity index (χ0n) is 16.9. The smallest absolute Gasteiger partial charge is 0.333 e. The van der Waals surface area contributed by atoms with Crippen molar-refractivity contribution >= 4 is 22.5 Å². The summed E-state index contributed by atoms with van der Waals surface area (Å²) < 4.78 is 32.0. The van der Waals surface area contributed by atoms with Gasteiger partial charge in [0.2, 0.25) is 0 Å². The average molecular weight is 422 g/mol. The number of nitrogens with one attached hydrogen (secondary N) is 1. The van der Waals surface area contributed by atoms with Crippen molar-refractivity contribution in [2.24, 2.45) is 0 Å². The number of fused-ring (bicyclic) bond motifs is 1. The molecule has 0 aliphatic heterocycles. The lowest BCUT2D eigenvalue weighted by molar-refractivity contribution is 0.0566. The first-order valence-electron chi connectivity index (χ1n) is 9.71. The van der Waals surface area contributed by atoms with E-state index in [1.165, 1.54) is 12.4 Å². The van der Waals surface area contributed by atoms with Crippen LogP contribution in [0.15, 0.2) is 67.1 Å². The first-order valence-corrected chi connectivity index (χ1v) is 9.71. The van der Waals surface area contributed by atoms with Crippen molar-refractivity contribution in [2.45, 2.75) is 26.5 Å². The predicted octanol–water partition coefficient (Wildman–Crippen LogP) is 5.53. The largest absolute Gasteiger partial charge is 0.491 e. The maximum absolute atomic E-state index is 12.9. The van der Waals surface area contributed by atoms with Gasteiger partial charge in [-0.15, -0.1) is 0 Å². The van der Waals surface area contributed by atoms with E-state index in [0.29, 0.717) is 38.3 Å². The van der Waals surface area contributed by atoms with Crippen molar-refractivity contribution in [1.29, 1.82) is 0 Å². The summed E-state index contributed by atoms with van der Waals surface area (Å²) in [4.78, 5) is 17.1. The molecule has 2 heterocycles. The Kier molecular flexibility index (Phi) is 5.62. The number of para-hydroxylation sites is 1. The van der Waals surface area contributed by atoms with E-state index in [9.17, 15) is 13.6 Å². The number of carbonyl (C=O) groups excluding carboxylic acids is 1. The van der Waals surface area contributed by atoms with Crippen molar-refractivity contribution in [2.75, 3.05) is 5.32 Å². The Bertz CT molecular complexity index is 1220. The summed E-state index contributed by atoms with van der Waals surface area (Å²) in [6.07, 6.45) is 4.28. The van der Waals surface area contributed by atoms with Crippen LogP contribution < -0.4 is 10.1 Å². The van der Waals surface area contributed by atoms with Crippen LogP contribution in [0, 0.1) is 0 Å². The monoisotopic (exact) mass is 422 g/mol. The van der Waals surface area contributed by atoms with Crippen LogP contribution in [0.5, 0.6) is 5.75 Å². The molecule has 31 heavy (non-hydrogen) atoms.